The number of benzene rings is 2. The second-order valence-corrected chi connectivity index (χ2v) is 5.64. The molecule has 0 atom stereocenters. The van der Waals surface area contributed by atoms with Crippen LogP contribution in [-0.4, -0.2) is 24.3 Å². The van der Waals surface area contributed by atoms with Crippen LogP contribution in [0.3, 0.4) is 0 Å². The second kappa shape index (κ2) is 9.73. The Balaban J connectivity index is 0.00000312. The Morgan fingerprint density at radius 2 is 1.92 bits per heavy atom. The maximum atomic E-state index is 11.3. The van der Waals surface area contributed by atoms with Crippen LogP contribution in [0.4, 0.5) is 0 Å². The van der Waals surface area contributed by atoms with E-state index in [0.29, 0.717) is 11.1 Å². The Kier molecular flexibility index (Phi) is 8.32. The molecule has 136 valence electrons. The first-order valence-electron chi connectivity index (χ1n) is 7.26. The standard InChI is InChI=1S/C17H17Cl2NO4.ClH/c1-2-23-15(22)9-24-14-6-4-12(16(18)17(14)19)10-3-5-13(21)11(7-10)8-20;/h3-7,21H,2,8-9,20H2,1H3;1H. The van der Waals surface area contributed by atoms with Gasteiger partial charge in [-0.05, 0) is 36.8 Å². The molecular weight excluding hydrogens is 389 g/mol. The topological polar surface area (TPSA) is 81.8 Å². The molecule has 5 nitrogen and oxygen atoms in total. The van der Waals surface area contributed by atoms with Gasteiger partial charge in [-0.2, -0.15) is 0 Å². The zero-order valence-electron chi connectivity index (χ0n) is 13.4. The van der Waals surface area contributed by atoms with Gasteiger partial charge in [-0.3, -0.25) is 0 Å². The van der Waals surface area contributed by atoms with E-state index in [-0.39, 0.29) is 53.7 Å². The molecule has 0 radical (unpaired) electrons. The van der Waals surface area contributed by atoms with Gasteiger partial charge in [-0.15, -0.1) is 12.4 Å². The number of carbonyl (C=O) groups is 1. The van der Waals surface area contributed by atoms with Crippen LogP contribution >= 0.6 is 35.6 Å². The van der Waals surface area contributed by atoms with Crippen LogP contribution in [0.25, 0.3) is 11.1 Å². The number of ether oxygens (including phenoxy) is 2. The van der Waals surface area contributed by atoms with Gasteiger partial charge in [-0.25, -0.2) is 4.79 Å². The number of nitrogens with two attached hydrogens (primary N) is 1. The highest BCUT2D eigenvalue weighted by Crippen LogP contribution is 2.40. The average Bonchev–Trinajstić information content (AvgIpc) is 2.57. The van der Waals surface area contributed by atoms with E-state index in [1.165, 1.54) is 0 Å². The summed E-state index contributed by atoms with van der Waals surface area (Å²) in [7, 11) is 0. The lowest BCUT2D eigenvalue weighted by atomic mass is 10.0. The zero-order valence-corrected chi connectivity index (χ0v) is 15.7. The summed E-state index contributed by atoms with van der Waals surface area (Å²) >= 11 is 12.6. The van der Waals surface area contributed by atoms with Crippen molar-refractivity contribution in [2.45, 2.75) is 13.5 Å². The van der Waals surface area contributed by atoms with Gasteiger partial charge in [0.15, 0.2) is 6.61 Å². The van der Waals surface area contributed by atoms with Gasteiger partial charge < -0.3 is 20.3 Å². The SMILES string of the molecule is CCOC(=O)COc1ccc(-c2ccc(O)c(CN)c2)c(Cl)c1Cl.Cl. The zero-order chi connectivity index (χ0) is 17.7. The first-order valence-corrected chi connectivity index (χ1v) is 8.02. The lowest BCUT2D eigenvalue weighted by molar-refractivity contribution is -0.145. The largest absolute Gasteiger partial charge is 0.508 e. The minimum absolute atomic E-state index is 0. The third kappa shape index (κ3) is 5.16. The number of aromatic hydroxyl groups is 1. The molecule has 0 aromatic heterocycles. The molecule has 0 aliphatic heterocycles. The van der Waals surface area contributed by atoms with Crippen molar-refractivity contribution in [3.8, 4) is 22.6 Å². The van der Waals surface area contributed by atoms with E-state index in [1.54, 1.807) is 37.3 Å². The number of hydrogen-bond acceptors (Lipinski definition) is 5. The molecular formula is C17H18Cl3NO4. The molecule has 2 aromatic rings. The van der Waals surface area contributed by atoms with Crippen LogP contribution in [-0.2, 0) is 16.1 Å². The lowest BCUT2D eigenvalue weighted by Crippen LogP contribution is -2.14. The lowest BCUT2D eigenvalue weighted by Gasteiger charge is -2.13. The summed E-state index contributed by atoms with van der Waals surface area (Å²) in [5.41, 5.74) is 7.63. The molecule has 0 fully saturated rings. The van der Waals surface area contributed by atoms with Crippen LogP contribution in [0.1, 0.15) is 12.5 Å². The van der Waals surface area contributed by atoms with Crippen molar-refractivity contribution in [3.63, 3.8) is 0 Å². The maximum Gasteiger partial charge on any atom is 0.344 e. The molecule has 0 aliphatic rings. The molecule has 8 heteroatoms. The van der Waals surface area contributed by atoms with Crippen molar-refractivity contribution in [1.29, 1.82) is 0 Å². The highest BCUT2D eigenvalue weighted by molar-refractivity contribution is 6.44. The molecule has 0 aliphatic carbocycles. The van der Waals surface area contributed by atoms with Crippen molar-refractivity contribution >= 4 is 41.6 Å². The van der Waals surface area contributed by atoms with Crippen LogP contribution in [0, 0.1) is 0 Å². The summed E-state index contributed by atoms with van der Waals surface area (Å²) < 4.78 is 10.1. The monoisotopic (exact) mass is 405 g/mol. The number of halogens is 3. The summed E-state index contributed by atoms with van der Waals surface area (Å²) in [4.78, 5) is 11.3. The Bertz CT molecular complexity index is 753. The van der Waals surface area contributed by atoms with Gasteiger partial charge in [0.2, 0.25) is 0 Å². The number of carbonyl (C=O) groups excluding carboxylic acids is 1. The van der Waals surface area contributed by atoms with Gasteiger partial charge >= 0.3 is 5.97 Å². The van der Waals surface area contributed by atoms with Crippen LogP contribution in [0.2, 0.25) is 10.0 Å². The van der Waals surface area contributed by atoms with E-state index in [1.807, 2.05) is 0 Å². The van der Waals surface area contributed by atoms with E-state index in [0.717, 1.165) is 5.56 Å². The molecule has 0 unspecified atom stereocenters. The fraction of sp³-hybridized carbons (Fsp3) is 0.235. The minimum atomic E-state index is -0.486. The Morgan fingerprint density at radius 3 is 2.56 bits per heavy atom. The molecule has 0 saturated heterocycles. The summed E-state index contributed by atoms with van der Waals surface area (Å²) in [6, 6.07) is 8.35. The first-order chi connectivity index (χ1) is 11.5. The Morgan fingerprint density at radius 1 is 1.20 bits per heavy atom. The molecule has 25 heavy (non-hydrogen) atoms. The summed E-state index contributed by atoms with van der Waals surface area (Å²) in [5.74, 6) is -0.0750. The van der Waals surface area contributed by atoms with Crippen molar-refractivity contribution in [1.82, 2.24) is 0 Å². The number of hydrogen-bond donors (Lipinski definition) is 2. The van der Waals surface area contributed by atoms with Gasteiger partial charge in [0.1, 0.15) is 16.5 Å². The average molecular weight is 407 g/mol. The van der Waals surface area contributed by atoms with E-state index in [9.17, 15) is 9.90 Å². The molecule has 0 saturated carbocycles. The van der Waals surface area contributed by atoms with Crippen molar-refractivity contribution in [3.05, 3.63) is 45.9 Å². The second-order valence-electron chi connectivity index (χ2n) is 4.88. The summed E-state index contributed by atoms with van der Waals surface area (Å²) in [5, 5.41) is 10.2. The van der Waals surface area contributed by atoms with Gasteiger partial charge in [0.05, 0.1) is 11.6 Å². The first kappa shape index (κ1) is 21.4. The third-order valence-electron chi connectivity index (χ3n) is 3.31. The number of phenolic OH excluding ortho intramolecular Hbond substituents is 1. The van der Waals surface area contributed by atoms with E-state index < -0.39 is 5.97 Å². The van der Waals surface area contributed by atoms with Crippen LogP contribution in [0.5, 0.6) is 11.5 Å². The molecule has 0 amide bonds. The fourth-order valence-electron chi connectivity index (χ4n) is 2.12. The predicted octanol–water partition coefficient (Wildman–Crippen LogP) is 4.19. The summed E-state index contributed by atoms with van der Waals surface area (Å²) in [6.07, 6.45) is 0. The third-order valence-corrected chi connectivity index (χ3v) is 4.17. The molecule has 3 N–H and O–H groups in total. The van der Waals surface area contributed by atoms with Crippen molar-refractivity contribution in [2.75, 3.05) is 13.2 Å². The quantitative estimate of drug-likeness (QED) is 0.703. The molecule has 0 spiro atoms. The van der Waals surface area contributed by atoms with Crippen LogP contribution in [0.15, 0.2) is 30.3 Å². The van der Waals surface area contributed by atoms with Crippen LogP contribution < -0.4 is 10.5 Å². The minimum Gasteiger partial charge on any atom is -0.508 e. The Hall–Kier alpha value is -1.66. The number of rotatable bonds is 6. The van der Waals surface area contributed by atoms with E-state index >= 15 is 0 Å². The van der Waals surface area contributed by atoms with Gasteiger partial charge in [-0.1, -0.05) is 29.3 Å². The van der Waals surface area contributed by atoms with Crippen molar-refractivity contribution < 1.29 is 19.4 Å². The smallest absolute Gasteiger partial charge is 0.344 e. The van der Waals surface area contributed by atoms with E-state index in [4.69, 9.17) is 38.4 Å². The number of phenols is 1. The normalized spacial score (nSPS) is 10.1. The molecule has 2 rings (SSSR count). The summed E-state index contributed by atoms with van der Waals surface area (Å²) in [6.45, 7) is 1.94. The molecule has 0 bridgehead atoms. The Labute approximate surface area is 162 Å². The highest BCUT2D eigenvalue weighted by Gasteiger charge is 2.15. The van der Waals surface area contributed by atoms with Gasteiger partial charge in [0, 0.05) is 17.7 Å². The predicted molar refractivity (Wildman–Crippen MR) is 101 cm³/mol. The highest BCUT2D eigenvalue weighted by atomic mass is 35.5. The number of esters is 1. The fourth-order valence-corrected chi connectivity index (χ4v) is 2.61. The van der Waals surface area contributed by atoms with Crippen molar-refractivity contribution in [2.24, 2.45) is 5.73 Å². The van der Waals surface area contributed by atoms with E-state index in [2.05, 4.69) is 0 Å². The maximum absolute atomic E-state index is 11.3. The van der Waals surface area contributed by atoms with Gasteiger partial charge in [0.25, 0.3) is 0 Å². The molecule has 2 aromatic carbocycles. The molecule has 0 heterocycles.